The highest BCUT2D eigenvalue weighted by Gasteiger charge is 2.36. The van der Waals surface area contributed by atoms with Crippen LogP contribution in [0, 0.1) is 5.82 Å². The summed E-state index contributed by atoms with van der Waals surface area (Å²) < 4.78 is 36.6. The fourth-order valence-corrected chi connectivity index (χ4v) is 3.24. The fourth-order valence-electron chi connectivity index (χ4n) is 1.72. The fraction of sp³-hybridized carbons (Fsp3) is 0.417. The zero-order valence-corrected chi connectivity index (χ0v) is 11.0. The van der Waals surface area contributed by atoms with Crippen LogP contribution in [0.25, 0.3) is 0 Å². The van der Waals surface area contributed by atoms with Crippen molar-refractivity contribution in [2.75, 3.05) is 11.1 Å². The molecule has 0 radical (unpaired) electrons. The third-order valence-corrected chi connectivity index (χ3v) is 5.07. The molecule has 1 amide bonds. The number of hydrogen-bond donors (Lipinski definition) is 2. The smallest absolute Gasteiger partial charge is 0.239 e. The van der Waals surface area contributed by atoms with Gasteiger partial charge in [0.1, 0.15) is 11.6 Å². The quantitative estimate of drug-likeness (QED) is 0.838. The van der Waals surface area contributed by atoms with Gasteiger partial charge < -0.3 is 11.1 Å². The van der Waals surface area contributed by atoms with Crippen molar-refractivity contribution in [3.8, 4) is 0 Å². The van der Waals surface area contributed by atoms with E-state index in [0.717, 1.165) is 6.07 Å². The number of rotatable bonds is 5. The Balaban J connectivity index is 2.01. The number of sulfone groups is 1. The maximum absolute atomic E-state index is 13.4. The van der Waals surface area contributed by atoms with Crippen LogP contribution in [-0.4, -0.2) is 25.3 Å². The molecule has 3 N–H and O–H groups in total. The van der Waals surface area contributed by atoms with Crippen LogP contribution >= 0.6 is 0 Å². The van der Waals surface area contributed by atoms with E-state index in [1.54, 1.807) is 0 Å². The molecule has 1 aliphatic carbocycles. The van der Waals surface area contributed by atoms with Crippen LogP contribution in [0.4, 0.5) is 10.1 Å². The van der Waals surface area contributed by atoms with E-state index in [1.807, 2.05) is 0 Å². The molecule has 1 saturated carbocycles. The maximum atomic E-state index is 13.4. The van der Waals surface area contributed by atoms with E-state index in [1.165, 1.54) is 12.1 Å². The average Bonchev–Trinajstić information content (AvgIpc) is 3.12. The van der Waals surface area contributed by atoms with Crippen molar-refractivity contribution in [1.82, 2.24) is 0 Å². The molecule has 104 valence electrons. The Morgan fingerprint density at radius 2 is 2.11 bits per heavy atom. The number of amides is 1. The van der Waals surface area contributed by atoms with Crippen molar-refractivity contribution in [3.05, 3.63) is 29.6 Å². The summed E-state index contributed by atoms with van der Waals surface area (Å²) in [5.74, 6) is -1.73. The molecule has 0 aliphatic heterocycles. The second-order valence-electron chi connectivity index (χ2n) is 4.57. The molecule has 1 aromatic carbocycles. The van der Waals surface area contributed by atoms with Gasteiger partial charge in [-0.2, -0.15) is 0 Å². The van der Waals surface area contributed by atoms with E-state index < -0.39 is 27.3 Å². The lowest BCUT2D eigenvalue weighted by molar-refractivity contribution is -0.113. The highest BCUT2D eigenvalue weighted by molar-refractivity contribution is 7.93. The normalized spacial score (nSPS) is 15.3. The van der Waals surface area contributed by atoms with Gasteiger partial charge >= 0.3 is 0 Å². The number of nitrogens with one attached hydrogen (secondary N) is 1. The molecule has 0 unspecified atom stereocenters. The molecule has 0 saturated heterocycles. The molecule has 0 spiro atoms. The van der Waals surface area contributed by atoms with E-state index in [0.29, 0.717) is 18.4 Å². The number of hydrogen-bond acceptors (Lipinski definition) is 4. The Morgan fingerprint density at radius 3 is 2.63 bits per heavy atom. The van der Waals surface area contributed by atoms with E-state index >= 15 is 0 Å². The van der Waals surface area contributed by atoms with Crippen molar-refractivity contribution in [2.45, 2.75) is 24.6 Å². The largest absolute Gasteiger partial charge is 0.326 e. The van der Waals surface area contributed by atoms with E-state index in [9.17, 15) is 17.6 Å². The summed E-state index contributed by atoms with van der Waals surface area (Å²) in [6, 6.07) is 4.08. The molecule has 19 heavy (non-hydrogen) atoms. The summed E-state index contributed by atoms with van der Waals surface area (Å²) in [7, 11) is -3.36. The number of carbonyl (C=O) groups is 1. The first-order chi connectivity index (χ1) is 8.92. The summed E-state index contributed by atoms with van der Waals surface area (Å²) in [4.78, 5) is 11.6. The zero-order chi connectivity index (χ0) is 14.0. The molecule has 0 bridgehead atoms. The Kier molecular flexibility index (Phi) is 3.86. The first kappa shape index (κ1) is 14.0. The van der Waals surface area contributed by atoms with Crippen LogP contribution < -0.4 is 11.1 Å². The van der Waals surface area contributed by atoms with E-state index in [-0.39, 0.29) is 17.5 Å². The van der Waals surface area contributed by atoms with Crippen LogP contribution in [0.3, 0.4) is 0 Å². The number of nitrogens with two attached hydrogens (primary N) is 1. The number of anilines is 1. The Morgan fingerprint density at radius 1 is 1.42 bits per heavy atom. The molecular weight excluding hydrogens is 271 g/mol. The van der Waals surface area contributed by atoms with Gasteiger partial charge in [0.15, 0.2) is 9.84 Å². The zero-order valence-electron chi connectivity index (χ0n) is 10.2. The van der Waals surface area contributed by atoms with E-state index in [2.05, 4.69) is 5.32 Å². The minimum Gasteiger partial charge on any atom is -0.326 e. The van der Waals surface area contributed by atoms with Crippen LogP contribution in [0.15, 0.2) is 18.2 Å². The van der Waals surface area contributed by atoms with Crippen molar-refractivity contribution < 1.29 is 17.6 Å². The lowest BCUT2D eigenvalue weighted by Crippen LogP contribution is -2.25. The molecule has 1 fully saturated rings. The number of benzene rings is 1. The molecule has 0 heterocycles. The van der Waals surface area contributed by atoms with Crippen molar-refractivity contribution in [1.29, 1.82) is 0 Å². The summed E-state index contributed by atoms with van der Waals surface area (Å²) in [6.45, 7) is 0.0656. The topological polar surface area (TPSA) is 89.3 Å². The van der Waals surface area contributed by atoms with Gasteiger partial charge in [-0.1, -0.05) is 6.07 Å². The summed E-state index contributed by atoms with van der Waals surface area (Å²) in [5.41, 5.74) is 5.88. The summed E-state index contributed by atoms with van der Waals surface area (Å²) >= 11 is 0. The third-order valence-electron chi connectivity index (χ3n) is 2.92. The van der Waals surface area contributed by atoms with Crippen LogP contribution in [0.5, 0.6) is 0 Å². The third kappa shape index (κ3) is 3.51. The molecule has 0 aromatic heterocycles. The van der Waals surface area contributed by atoms with Crippen molar-refractivity contribution in [2.24, 2.45) is 5.73 Å². The second-order valence-corrected chi connectivity index (χ2v) is 6.85. The highest BCUT2D eigenvalue weighted by atomic mass is 32.2. The highest BCUT2D eigenvalue weighted by Crippen LogP contribution is 2.29. The SMILES string of the molecule is NCc1ccc(NC(=O)CS(=O)(=O)C2CC2)cc1F. The minimum atomic E-state index is -3.36. The summed E-state index contributed by atoms with van der Waals surface area (Å²) in [5, 5.41) is 1.99. The Hall–Kier alpha value is -1.47. The van der Waals surface area contributed by atoms with Gasteiger partial charge in [-0.05, 0) is 25.0 Å². The van der Waals surface area contributed by atoms with Crippen molar-refractivity contribution in [3.63, 3.8) is 0 Å². The standard InChI is InChI=1S/C12H15FN2O3S/c13-11-5-9(2-1-8(11)6-14)15-12(16)7-19(17,18)10-3-4-10/h1-2,5,10H,3-4,6-7,14H2,(H,15,16). The molecule has 2 rings (SSSR count). The van der Waals surface area contributed by atoms with Gasteiger partial charge in [-0.3, -0.25) is 4.79 Å². The lowest BCUT2D eigenvalue weighted by Gasteiger charge is -2.07. The molecular formula is C12H15FN2O3S. The van der Waals surface area contributed by atoms with Gasteiger partial charge in [0.05, 0.1) is 5.25 Å². The van der Waals surface area contributed by atoms with Gasteiger partial charge in [0.25, 0.3) is 0 Å². The van der Waals surface area contributed by atoms with Crippen LogP contribution in [0.1, 0.15) is 18.4 Å². The predicted octanol–water partition coefficient (Wildman–Crippen LogP) is 0.800. The minimum absolute atomic E-state index is 0.0656. The Bertz CT molecular complexity index is 597. The second kappa shape index (κ2) is 5.26. The average molecular weight is 286 g/mol. The lowest BCUT2D eigenvalue weighted by atomic mass is 10.2. The van der Waals surface area contributed by atoms with Crippen LogP contribution in [0.2, 0.25) is 0 Å². The van der Waals surface area contributed by atoms with E-state index in [4.69, 9.17) is 5.73 Å². The van der Waals surface area contributed by atoms with Crippen LogP contribution in [-0.2, 0) is 21.2 Å². The first-order valence-corrected chi connectivity index (χ1v) is 7.64. The number of halogens is 1. The van der Waals surface area contributed by atoms with Gasteiger partial charge in [-0.15, -0.1) is 0 Å². The van der Waals surface area contributed by atoms with Gasteiger partial charge in [-0.25, -0.2) is 12.8 Å². The van der Waals surface area contributed by atoms with Gasteiger partial charge in [0, 0.05) is 17.8 Å². The molecule has 0 atom stereocenters. The maximum Gasteiger partial charge on any atom is 0.239 e. The Labute approximate surface area is 110 Å². The molecule has 7 heteroatoms. The first-order valence-electron chi connectivity index (χ1n) is 5.92. The molecule has 5 nitrogen and oxygen atoms in total. The number of carbonyl (C=O) groups excluding carboxylic acids is 1. The monoisotopic (exact) mass is 286 g/mol. The summed E-state index contributed by atoms with van der Waals surface area (Å²) in [6.07, 6.45) is 1.24. The van der Waals surface area contributed by atoms with Gasteiger partial charge in [0.2, 0.25) is 5.91 Å². The molecule has 1 aromatic rings. The van der Waals surface area contributed by atoms with Crippen molar-refractivity contribution >= 4 is 21.4 Å². The molecule has 1 aliphatic rings. The predicted molar refractivity (Wildman–Crippen MR) is 69.7 cm³/mol.